The van der Waals surface area contributed by atoms with E-state index in [1.54, 1.807) is 40.9 Å². The fourth-order valence-corrected chi connectivity index (χ4v) is 4.28. The van der Waals surface area contributed by atoms with E-state index in [1.807, 2.05) is 24.4 Å². The fourth-order valence-electron chi connectivity index (χ4n) is 3.75. The number of aromatic nitrogens is 3. The lowest BCUT2D eigenvalue weighted by Gasteiger charge is -2.38. The number of para-hydroxylation sites is 1. The number of likely N-dealkylation sites (tertiary alicyclic amines) is 1. The molecule has 1 aromatic carbocycles. The van der Waals surface area contributed by atoms with Gasteiger partial charge >= 0.3 is 12.1 Å². The molecule has 1 fully saturated rings. The van der Waals surface area contributed by atoms with E-state index in [1.165, 1.54) is 4.90 Å². The number of rotatable bonds is 3. The molecule has 1 saturated heterocycles. The highest BCUT2D eigenvalue weighted by atomic mass is 127. The van der Waals surface area contributed by atoms with E-state index >= 15 is 0 Å². The van der Waals surface area contributed by atoms with Gasteiger partial charge in [-0.2, -0.15) is 13.2 Å². The number of fused-ring (bicyclic) bond motifs is 2. The van der Waals surface area contributed by atoms with Crippen molar-refractivity contribution in [3.8, 4) is 5.88 Å². The molecule has 0 spiro atoms. The minimum Gasteiger partial charge on any atom is -0.475 e. The number of carboxylic acid groups (broad SMARTS) is 1. The summed E-state index contributed by atoms with van der Waals surface area (Å²) < 4.78 is 69.3. The quantitative estimate of drug-likeness (QED) is 0.247. The van der Waals surface area contributed by atoms with Crippen LogP contribution < -0.4 is 4.74 Å². The Morgan fingerprint density at radius 2 is 1.82 bits per heavy atom. The van der Waals surface area contributed by atoms with Crippen LogP contribution in [0.15, 0.2) is 60.9 Å². The summed E-state index contributed by atoms with van der Waals surface area (Å²) in [6.07, 6.45) is -3.58. The van der Waals surface area contributed by atoms with Gasteiger partial charge in [0.2, 0.25) is 5.88 Å². The van der Waals surface area contributed by atoms with Crippen molar-refractivity contribution < 1.29 is 41.4 Å². The summed E-state index contributed by atoms with van der Waals surface area (Å²) in [6, 6.07) is 14.2. The molecule has 0 bridgehead atoms. The molecule has 4 aromatic rings. The number of pyridine rings is 2. The molecule has 3 aromatic heterocycles. The molecule has 0 radical (unpaired) electrons. The number of carboxylic acids is 1. The molecule has 1 aliphatic rings. The van der Waals surface area contributed by atoms with Crippen molar-refractivity contribution in [2.45, 2.75) is 24.6 Å². The molecule has 1 aliphatic heterocycles. The molecule has 1 amide bonds. The maximum atomic E-state index is 14.7. The summed E-state index contributed by atoms with van der Waals surface area (Å²) in [7, 11) is 0. The second-order valence-electron chi connectivity index (χ2n) is 8.21. The summed E-state index contributed by atoms with van der Waals surface area (Å²) in [5.74, 6) is -6.06. The van der Waals surface area contributed by atoms with Crippen molar-refractivity contribution in [2.24, 2.45) is 0 Å². The van der Waals surface area contributed by atoms with Crippen molar-refractivity contribution in [1.82, 2.24) is 19.3 Å². The number of imidazole rings is 1. The number of aliphatic carboxylic acids is 1. The Bertz CT molecular complexity index is 1490. The van der Waals surface area contributed by atoms with Gasteiger partial charge in [-0.1, -0.05) is 18.2 Å². The van der Waals surface area contributed by atoms with E-state index in [9.17, 15) is 26.7 Å². The van der Waals surface area contributed by atoms with E-state index in [2.05, 4.69) is 32.6 Å². The highest BCUT2D eigenvalue weighted by Crippen LogP contribution is 2.32. The van der Waals surface area contributed by atoms with Crippen LogP contribution in [0, 0.1) is 3.70 Å². The minimum atomic E-state index is -5.08. The van der Waals surface area contributed by atoms with Crippen molar-refractivity contribution in [3.63, 3.8) is 0 Å². The maximum absolute atomic E-state index is 14.7. The fraction of sp³-hybridized carbons (Fsp3) is 0.250. The van der Waals surface area contributed by atoms with Gasteiger partial charge in [0.25, 0.3) is 11.8 Å². The average molecular weight is 648 g/mol. The molecule has 0 unspecified atom stereocenters. The predicted molar refractivity (Wildman–Crippen MR) is 133 cm³/mol. The number of carbonyl (C=O) groups is 2. The van der Waals surface area contributed by atoms with Crippen LogP contribution in [0.3, 0.4) is 0 Å². The van der Waals surface area contributed by atoms with Crippen molar-refractivity contribution in [1.29, 1.82) is 0 Å². The van der Waals surface area contributed by atoms with Gasteiger partial charge in [0.1, 0.15) is 9.35 Å². The van der Waals surface area contributed by atoms with Crippen LogP contribution >= 0.6 is 22.6 Å². The molecular weight excluding hydrogens is 630 g/mol. The lowest BCUT2D eigenvalue weighted by molar-refractivity contribution is -0.192. The van der Waals surface area contributed by atoms with Crippen LogP contribution in [-0.4, -0.2) is 67.5 Å². The lowest BCUT2D eigenvalue weighted by atomic mass is 10.0. The average Bonchev–Trinajstić information content (AvgIpc) is 3.25. The Balaban J connectivity index is 0.000000426. The van der Waals surface area contributed by atoms with Gasteiger partial charge < -0.3 is 14.7 Å². The van der Waals surface area contributed by atoms with Gasteiger partial charge in [0.05, 0.1) is 23.8 Å². The van der Waals surface area contributed by atoms with E-state index < -0.39 is 30.6 Å². The van der Waals surface area contributed by atoms with Crippen LogP contribution in [0.5, 0.6) is 5.88 Å². The molecule has 0 aliphatic carbocycles. The maximum Gasteiger partial charge on any atom is 0.490 e. The van der Waals surface area contributed by atoms with Gasteiger partial charge in [0.15, 0.2) is 6.10 Å². The van der Waals surface area contributed by atoms with Crippen LogP contribution in [0.25, 0.3) is 16.6 Å². The van der Waals surface area contributed by atoms with Gasteiger partial charge in [0, 0.05) is 30.6 Å². The van der Waals surface area contributed by atoms with Gasteiger partial charge in [-0.05, 0) is 46.9 Å². The first-order valence-electron chi connectivity index (χ1n) is 11.0. The predicted octanol–water partition coefficient (Wildman–Crippen LogP) is 5.05. The number of ether oxygens (including phenoxy) is 1. The first-order valence-corrected chi connectivity index (χ1v) is 12.1. The van der Waals surface area contributed by atoms with E-state index in [-0.39, 0.29) is 24.9 Å². The number of amides is 1. The van der Waals surface area contributed by atoms with E-state index in [4.69, 9.17) is 14.6 Å². The smallest absolute Gasteiger partial charge is 0.475 e. The van der Waals surface area contributed by atoms with Crippen LogP contribution in [0.1, 0.15) is 16.8 Å². The zero-order valence-electron chi connectivity index (χ0n) is 19.2. The van der Waals surface area contributed by atoms with Crippen molar-refractivity contribution >= 4 is 51.0 Å². The molecule has 38 heavy (non-hydrogen) atoms. The van der Waals surface area contributed by atoms with E-state index in [0.717, 1.165) is 9.09 Å². The Hall–Kier alpha value is -3.56. The Labute approximate surface area is 225 Å². The normalized spacial score (nSPS) is 17.1. The Morgan fingerprint density at radius 1 is 1.11 bits per heavy atom. The summed E-state index contributed by atoms with van der Waals surface area (Å²) in [5.41, 5.74) is 1.54. The number of piperidine rings is 1. The number of alkyl halides is 5. The molecule has 1 atom stereocenters. The minimum absolute atomic E-state index is 0.0598. The second kappa shape index (κ2) is 10.7. The number of halogens is 6. The molecular formula is C24H18F5IN4O4. The number of hydrogen-bond acceptors (Lipinski definition) is 5. The lowest BCUT2D eigenvalue weighted by Crippen LogP contribution is -2.55. The third kappa shape index (κ3) is 5.95. The topological polar surface area (TPSA) is 97.0 Å². The zero-order valence-corrected chi connectivity index (χ0v) is 21.4. The highest BCUT2D eigenvalue weighted by molar-refractivity contribution is 14.1. The molecule has 8 nitrogen and oxygen atoms in total. The van der Waals surface area contributed by atoms with Gasteiger partial charge in [-0.3, -0.25) is 9.20 Å². The summed E-state index contributed by atoms with van der Waals surface area (Å²) in [5, 5.41) is 8.02. The van der Waals surface area contributed by atoms with Gasteiger partial charge in [-0.15, -0.1) is 0 Å². The Kier molecular flexibility index (Phi) is 7.71. The molecule has 4 heterocycles. The number of benzene rings is 1. The zero-order chi connectivity index (χ0) is 27.7. The monoisotopic (exact) mass is 648 g/mol. The molecule has 0 saturated carbocycles. The third-order valence-electron chi connectivity index (χ3n) is 5.66. The van der Waals surface area contributed by atoms with Crippen LogP contribution in [-0.2, 0) is 4.79 Å². The van der Waals surface area contributed by atoms with Crippen molar-refractivity contribution in [2.75, 3.05) is 13.1 Å². The molecule has 14 heteroatoms. The first kappa shape index (κ1) is 27.5. The molecule has 5 rings (SSSR count). The number of hydrogen-bond donors (Lipinski definition) is 1. The highest BCUT2D eigenvalue weighted by Gasteiger charge is 2.47. The third-order valence-corrected chi connectivity index (χ3v) is 6.46. The molecule has 1 N–H and O–H groups in total. The summed E-state index contributed by atoms with van der Waals surface area (Å²) in [6.45, 7) is -0.297. The van der Waals surface area contributed by atoms with Crippen molar-refractivity contribution in [3.05, 3.63) is 70.2 Å². The number of carbonyl (C=O) groups excluding carboxylic acids is 1. The van der Waals surface area contributed by atoms with Crippen LogP contribution in [0.2, 0.25) is 0 Å². The second-order valence-corrected chi connectivity index (χ2v) is 9.32. The summed E-state index contributed by atoms with van der Waals surface area (Å²) in [4.78, 5) is 32.1. The van der Waals surface area contributed by atoms with Crippen LogP contribution in [0.4, 0.5) is 22.0 Å². The largest absolute Gasteiger partial charge is 0.490 e. The first-order chi connectivity index (χ1) is 17.9. The van der Waals surface area contributed by atoms with Gasteiger partial charge in [-0.25, -0.2) is 23.5 Å². The summed E-state index contributed by atoms with van der Waals surface area (Å²) >= 11 is 2.12. The Morgan fingerprint density at radius 3 is 2.53 bits per heavy atom. The standard InChI is InChI=1S/C22H17F2IN4O2.C2HF3O2/c23-22(24)9-11-28(21(30)15-5-3-10-29-18(25)12-26-20(15)29)13-17(22)31-19-8-7-14-4-1-2-6-16(14)27-19;3-2(4,5)1(6)7/h1-8,10,12,17H,9,11,13H2;(H,6,7)/t17-;/m0./s1. The number of nitrogens with zero attached hydrogens (tertiary/aromatic N) is 4. The SMILES string of the molecule is O=C(O)C(F)(F)F.O=C(c1cccn2c(I)cnc12)N1CCC(F)(F)[C@@H](Oc2ccc3ccccc3n2)C1. The van der Waals surface area contributed by atoms with E-state index in [0.29, 0.717) is 16.7 Å². The molecule has 200 valence electrons.